The molecule has 1 N–H and O–H groups in total. The summed E-state index contributed by atoms with van der Waals surface area (Å²) in [5, 5.41) is 4.20. The summed E-state index contributed by atoms with van der Waals surface area (Å²) in [6, 6.07) is 20.0. The Balaban J connectivity index is 1.68. The van der Waals surface area contributed by atoms with Crippen LogP contribution in [0.4, 0.5) is 0 Å². The van der Waals surface area contributed by atoms with Crippen LogP contribution in [-0.4, -0.2) is 22.6 Å². The number of carbonyl (C=O) groups excluding carboxylic acids is 1. The number of aryl methyl sites for hydroxylation is 1. The molecule has 5 nitrogen and oxygen atoms in total. The van der Waals surface area contributed by atoms with E-state index >= 15 is 0 Å². The number of amides is 1. The third-order valence-corrected chi connectivity index (χ3v) is 5.45. The lowest BCUT2D eigenvalue weighted by Gasteiger charge is -2.20. The lowest BCUT2D eigenvalue weighted by molar-refractivity contribution is -0.121. The smallest absolute Gasteiger partial charge is 0.221 e. The number of fused-ring (bicyclic) bond motifs is 1. The van der Waals surface area contributed by atoms with Gasteiger partial charge in [-0.25, -0.2) is 0 Å². The quantitative estimate of drug-likeness (QED) is 0.500. The van der Waals surface area contributed by atoms with Gasteiger partial charge in [0.05, 0.1) is 7.11 Å². The number of methoxy groups -OCH3 is 1. The van der Waals surface area contributed by atoms with Crippen LogP contribution in [0.1, 0.15) is 29.0 Å². The Labute approximate surface area is 176 Å². The summed E-state index contributed by atoms with van der Waals surface area (Å²) in [7, 11) is 3.71. The summed E-state index contributed by atoms with van der Waals surface area (Å²) < 4.78 is 7.75. The van der Waals surface area contributed by atoms with Crippen molar-refractivity contribution in [3.05, 3.63) is 95.9 Å². The second-order valence-corrected chi connectivity index (χ2v) is 7.34. The summed E-state index contributed by atoms with van der Waals surface area (Å²) in [4.78, 5) is 17.0. The molecule has 0 radical (unpaired) electrons. The van der Waals surface area contributed by atoms with Crippen LogP contribution in [0.2, 0.25) is 0 Å². The van der Waals surface area contributed by atoms with Gasteiger partial charge in [0.2, 0.25) is 5.91 Å². The molecule has 0 spiro atoms. The van der Waals surface area contributed by atoms with Crippen LogP contribution in [0.3, 0.4) is 0 Å². The molecule has 0 aliphatic carbocycles. The van der Waals surface area contributed by atoms with Gasteiger partial charge in [-0.1, -0.05) is 36.4 Å². The van der Waals surface area contributed by atoms with Gasteiger partial charge >= 0.3 is 0 Å². The highest BCUT2D eigenvalue weighted by molar-refractivity contribution is 5.86. The summed E-state index contributed by atoms with van der Waals surface area (Å²) >= 11 is 0. The largest absolute Gasteiger partial charge is 0.496 e. The predicted octanol–water partition coefficient (Wildman–Crippen LogP) is 4.42. The number of hydrogen-bond donors (Lipinski definition) is 1. The van der Waals surface area contributed by atoms with E-state index in [1.54, 1.807) is 19.5 Å². The third-order valence-electron chi connectivity index (χ3n) is 5.45. The predicted molar refractivity (Wildman–Crippen MR) is 118 cm³/mol. The van der Waals surface area contributed by atoms with Crippen LogP contribution >= 0.6 is 0 Å². The molecule has 4 aromatic rings. The maximum atomic E-state index is 12.9. The molecule has 2 aromatic carbocycles. The molecule has 0 fully saturated rings. The fourth-order valence-corrected chi connectivity index (χ4v) is 3.95. The molecule has 1 atom stereocenters. The summed E-state index contributed by atoms with van der Waals surface area (Å²) in [6.07, 6.45) is 5.92. The Kier molecular flexibility index (Phi) is 5.80. The van der Waals surface area contributed by atoms with Crippen molar-refractivity contribution in [1.82, 2.24) is 14.9 Å². The second kappa shape index (κ2) is 8.82. The molecule has 0 bridgehead atoms. The molecule has 0 unspecified atom stereocenters. The van der Waals surface area contributed by atoms with Crippen LogP contribution in [0, 0.1) is 0 Å². The van der Waals surface area contributed by atoms with Gasteiger partial charge < -0.3 is 14.6 Å². The molecule has 152 valence electrons. The SMILES string of the molecule is COc1ccccc1[C@@H](CC(=O)NCc1ccncc1)c1cn(C)c2ccccc12. The maximum Gasteiger partial charge on any atom is 0.221 e. The van der Waals surface area contributed by atoms with E-state index in [2.05, 4.69) is 33.2 Å². The monoisotopic (exact) mass is 399 g/mol. The average molecular weight is 399 g/mol. The minimum Gasteiger partial charge on any atom is -0.496 e. The van der Waals surface area contributed by atoms with Crippen molar-refractivity contribution in [3.63, 3.8) is 0 Å². The molecule has 0 saturated heterocycles. The zero-order valence-corrected chi connectivity index (χ0v) is 17.2. The number of nitrogens with one attached hydrogen (secondary N) is 1. The van der Waals surface area contributed by atoms with E-state index in [9.17, 15) is 4.79 Å². The van der Waals surface area contributed by atoms with E-state index < -0.39 is 0 Å². The molecule has 2 aromatic heterocycles. The van der Waals surface area contributed by atoms with Crippen molar-refractivity contribution >= 4 is 16.8 Å². The van der Waals surface area contributed by atoms with Gasteiger partial charge in [0, 0.05) is 61.0 Å². The van der Waals surface area contributed by atoms with Crippen LogP contribution in [0.25, 0.3) is 10.9 Å². The molecule has 4 rings (SSSR count). The van der Waals surface area contributed by atoms with E-state index in [0.717, 1.165) is 33.3 Å². The Bertz CT molecular complexity index is 1150. The van der Waals surface area contributed by atoms with Gasteiger partial charge in [0.15, 0.2) is 0 Å². The van der Waals surface area contributed by atoms with Gasteiger partial charge in [-0.05, 0) is 35.4 Å². The van der Waals surface area contributed by atoms with Crippen molar-refractivity contribution in [2.24, 2.45) is 7.05 Å². The molecule has 0 aliphatic heterocycles. The zero-order valence-electron chi connectivity index (χ0n) is 17.2. The normalized spacial score (nSPS) is 11.9. The second-order valence-electron chi connectivity index (χ2n) is 7.34. The highest BCUT2D eigenvalue weighted by atomic mass is 16.5. The summed E-state index contributed by atoms with van der Waals surface area (Å²) in [5.74, 6) is 0.665. The topological polar surface area (TPSA) is 56.1 Å². The van der Waals surface area contributed by atoms with Gasteiger partial charge in [-0.15, -0.1) is 0 Å². The van der Waals surface area contributed by atoms with Crippen molar-refractivity contribution in [3.8, 4) is 5.75 Å². The average Bonchev–Trinajstić information content (AvgIpc) is 3.13. The van der Waals surface area contributed by atoms with E-state index in [4.69, 9.17) is 4.74 Å². The number of para-hydroxylation sites is 2. The van der Waals surface area contributed by atoms with Crippen molar-refractivity contribution in [1.29, 1.82) is 0 Å². The van der Waals surface area contributed by atoms with Crippen LogP contribution in [0.5, 0.6) is 5.75 Å². The number of ether oxygens (including phenoxy) is 1. The molecular weight excluding hydrogens is 374 g/mol. The van der Waals surface area contributed by atoms with Crippen LogP contribution < -0.4 is 10.1 Å². The molecular formula is C25H25N3O2. The van der Waals surface area contributed by atoms with Gasteiger partial charge in [-0.2, -0.15) is 0 Å². The molecule has 1 amide bonds. The maximum absolute atomic E-state index is 12.9. The highest BCUT2D eigenvalue weighted by Gasteiger charge is 2.24. The Morgan fingerprint density at radius 3 is 2.57 bits per heavy atom. The minimum atomic E-state index is -0.121. The number of rotatable bonds is 7. The lowest BCUT2D eigenvalue weighted by Crippen LogP contribution is -2.25. The van der Waals surface area contributed by atoms with Crippen LogP contribution in [0.15, 0.2) is 79.3 Å². The number of benzene rings is 2. The summed E-state index contributed by atoms with van der Waals surface area (Å²) in [5.41, 5.74) is 4.30. The van der Waals surface area contributed by atoms with Crippen LogP contribution in [-0.2, 0) is 18.4 Å². The fourth-order valence-electron chi connectivity index (χ4n) is 3.95. The van der Waals surface area contributed by atoms with E-state index in [0.29, 0.717) is 13.0 Å². The molecule has 0 aliphatic rings. The number of nitrogens with zero attached hydrogens (tertiary/aromatic N) is 2. The van der Waals surface area contributed by atoms with Crippen molar-refractivity contribution in [2.45, 2.75) is 18.9 Å². The lowest BCUT2D eigenvalue weighted by atomic mass is 9.87. The standard InChI is InChI=1S/C25H25N3O2/c1-28-17-22(19-7-3-5-9-23(19)28)21(20-8-4-6-10-24(20)30-2)15-25(29)27-16-18-11-13-26-14-12-18/h3-14,17,21H,15-16H2,1-2H3,(H,27,29)/t21-/m1/s1. The first kappa shape index (κ1) is 19.7. The highest BCUT2D eigenvalue weighted by Crippen LogP contribution is 2.38. The molecule has 2 heterocycles. The van der Waals surface area contributed by atoms with Crippen molar-refractivity contribution in [2.75, 3.05) is 7.11 Å². The molecule has 5 heteroatoms. The Hall–Kier alpha value is -3.60. The number of hydrogen-bond acceptors (Lipinski definition) is 3. The first-order valence-corrected chi connectivity index (χ1v) is 10.00. The number of aromatic nitrogens is 2. The first-order chi connectivity index (χ1) is 14.7. The third kappa shape index (κ3) is 4.06. The fraction of sp³-hybridized carbons (Fsp3) is 0.200. The zero-order chi connectivity index (χ0) is 20.9. The number of pyridine rings is 1. The Morgan fingerprint density at radius 1 is 1.03 bits per heavy atom. The number of carbonyl (C=O) groups is 1. The molecule has 30 heavy (non-hydrogen) atoms. The molecule has 0 saturated carbocycles. The van der Waals surface area contributed by atoms with E-state index in [1.807, 2.05) is 55.6 Å². The van der Waals surface area contributed by atoms with Gasteiger partial charge in [0.1, 0.15) is 5.75 Å². The Morgan fingerprint density at radius 2 is 1.77 bits per heavy atom. The minimum absolute atomic E-state index is 0.00403. The summed E-state index contributed by atoms with van der Waals surface area (Å²) in [6.45, 7) is 0.482. The van der Waals surface area contributed by atoms with E-state index in [-0.39, 0.29) is 11.8 Å². The first-order valence-electron chi connectivity index (χ1n) is 10.00. The van der Waals surface area contributed by atoms with E-state index in [1.165, 1.54) is 0 Å². The van der Waals surface area contributed by atoms with Crippen molar-refractivity contribution < 1.29 is 9.53 Å². The van der Waals surface area contributed by atoms with Gasteiger partial charge in [-0.3, -0.25) is 9.78 Å². The van der Waals surface area contributed by atoms with Gasteiger partial charge in [0.25, 0.3) is 0 Å².